The van der Waals surface area contributed by atoms with Crippen molar-refractivity contribution in [3.05, 3.63) is 59.2 Å². The maximum atomic E-state index is 13.2. The number of hydrogen-bond acceptors (Lipinski definition) is 7. The number of halogens is 3. The van der Waals surface area contributed by atoms with Crippen molar-refractivity contribution in [1.29, 1.82) is 0 Å². The van der Waals surface area contributed by atoms with E-state index in [9.17, 15) is 23.5 Å². The van der Waals surface area contributed by atoms with Crippen LogP contribution >= 0.6 is 15.9 Å². The second kappa shape index (κ2) is 10.9. The number of benzene rings is 2. The number of carbonyl (C=O) groups excluding carboxylic acids is 2. The molecule has 2 aromatic rings. The van der Waals surface area contributed by atoms with Crippen LogP contribution in [0.2, 0.25) is 0 Å². The molecule has 0 bridgehead atoms. The average molecular weight is 579 g/mol. The van der Waals surface area contributed by atoms with E-state index in [1.54, 1.807) is 0 Å². The highest BCUT2D eigenvalue weighted by atomic mass is 79.9. The second-order valence-electron chi connectivity index (χ2n) is 9.61. The first-order chi connectivity index (χ1) is 17.6. The molecule has 37 heavy (non-hydrogen) atoms. The molecule has 0 aliphatic carbocycles. The number of fused-ring (bicyclic) bond motifs is 2. The van der Waals surface area contributed by atoms with Crippen molar-refractivity contribution >= 4 is 39.8 Å². The average Bonchev–Trinajstić information content (AvgIpc) is 3.00. The molecule has 10 heteroatoms. The van der Waals surface area contributed by atoms with Crippen molar-refractivity contribution in [2.24, 2.45) is 0 Å². The van der Waals surface area contributed by atoms with Gasteiger partial charge in [-0.05, 0) is 49.8 Å². The van der Waals surface area contributed by atoms with Crippen molar-refractivity contribution in [1.82, 2.24) is 4.90 Å². The van der Waals surface area contributed by atoms with Crippen LogP contribution in [0.25, 0.3) is 6.08 Å². The molecule has 0 saturated heterocycles. The highest BCUT2D eigenvalue weighted by molar-refractivity contribution is 9.09. The van der Waals surface area contributed by atoms with E-state index in [1.807, 2.05) is 30.4 Å². The molecular weight excluding hydrogens is 550 g/mol. The van der Waals surface area contributed by atoms with Gasteiger partial charge in [0.15, 0.2) is 0 Å². The molecule has 1 unspecified atom stereocenters. The number of carbonyl (C=O) groups is 2. The molecule has 2 heterocycles. The summed E-state index contributed by atoms with van der Waals surface area (Å²) in [6, 6.07) is 7.58. The molecule has 2 aliphatic rings. The van der Waals surface area contributed by atoms with Gasteiger partial charge < -0.3 is 19.5 Å². The SMILES string of the molecule is CC1(C)c2ccccc2N(CCOCCBr)C12C=Cc1cc(O)cc(CN(CC(=O)F)CC(=O)F)c1O2. The van der Waals surface area contributed by atoms with Crippen molar-refractivity contribution < 1.29 is 33.0 Å². The van der Waals surface area contributed by atoms with E-state index in [0.717, 1.165) is 21.5 Å². The lowest BCUT2D eigenvalue weighted by molar-refractivity contribution is -0.133. The Balaban J connectivity index is 1.76. The second-order valence-corrected chi connectivity index (χ2v) is 10.4. The van der Waals surface area contributed by atoms with Gasteiger partial charge in [0.1, 0.15) is 11.5 Å². The Hall–Kier alpha value is -2.82. The van der Waals surface area contributed by atoms with Gasteiger partial charge in [-0.2, -0.15) is 8.78 Å². The molecule has 2 aliphatic heterocycles. The topological polar surface area (TPSA) is 79.3 Å². The highest BCUT2D eigenvalue weighted by Gasteiger charge is 2.58. The summed E-state index contributed by atoms with van der Waals surface area (Å²) in [6.45, 7) is 3.98. The van der Waals surface area contributed by atoms with Crippen molar-refractivity contribution in [2.75, 3.05) is 43.1 Å². The third-order valence-corrected chi connectivity index (χ3v) is 7.18. The van der Waals surface area contributed by atoms with Crippen LogP contribution in [-0.2, 0) is 26.3 Å². The monoisotopic (exact) mass is 578 g/mol. The number of ether oxygens (including phenoxy) is 2. The van der Waals surface area contributed by atoms with Crippen LogP contribution in [0.15, 0.2) is 42.5 Å². The van der Waals surface area contributed by atoms with Crippen LogP contribution in [0, 0.1) is 0 Å². The van der Waals surface area contributed by atoms with Crippen molar-refractivity contribution in [3.8, 4) is 11.5 Å². The predicted molar refractivity (Wildman–Crippen MR) is 139 cm³/mol. The third kappa shape index (κ3) is 5.28. The normalized spacial score (nSPS) is 19.1. The van der Waals surface area contributed by atoms with Gasteiger partial charge >= 0.3 is 12.1 Å². The number of alkyl halides is 1. The number of nitrogens with zero attached hydrogens (tertiary/aromatic N) is 2. The van der Waals surface area contributed by atoms with Crippen LogP contribution in [0.4, 0.5) is 14.5 Å². The summed E-state index contributed by atoms with van der Waals surface area (Å²) in [6.07, 6.45) is 3.81. The first kappa shape index (κ1) is 27.2. The van der Waals surface area contributed by atoms with Gasteiger partial charge in [-0.1, -0.05) is 34.1 Å². The molecule has 1 N–H and O–H groups in total. The molecule has 2 aromatic carbocycles. The van der Waals surface area contributed by atoms with Crippen LogP contribution < -0.4 is 9.64 Å². The fourth-order valence-corrected chi connectivity index (χ4v) is 5.47. The Kier molecular flexibility index (Phi) is 8.01. The fourth-order valence-electron chi connectivity index (χ4n) is 5.24. The zero-order chi connectivity index (χ0) is 26.8. The van der Waals surface area contributed by atoms with E-state index in [1.165, 1.54) is 12.1 Å². The Morgan fingerprint density at radius 2 is 1.84 bits per heavy atom. The Bertz CT molecular complexity index is 1210. The minimum atomic E-state index is -1.70. The molecule has 0 saturated carbocycles. The number of anilines is 1. The van der Waals surface area contributed by atoms with Crippen molar-refractivity contribution in [2.45, 2.75) is 31.5 Å². The summed E-state index contributed by atoms with van der Waals surface area (Å²) in [5, 5.41) is 11.1. The van der Waals surface area contributed by atoms with Crippen LogP contribution in [-0.4, -0.2) is 66.0 Å². The van der Waals surface area contributed by atoms with Crippen LogP contribution in [0.5, 0.6) is 11.5 Å². The molecule has 7 nitrogen and oxygen atoms in total. The minimum Gasteiger partial charge on any atom is -0.508 e. The standard InChI is InChI=1S/C27H29BrF2N2O5/c1-26(2)21-5-3-4-6-22(21)32(10-12-36-11-9-28)27(26)8-7-18-13-20(33)14-19(25(18)37-27)15-31(16-23(29)34)17-24(30)35/h3-8,13-14,33H,9-12,15-17H2,1-2H3. The first-order valence-electron chi connectivity index (χ1n) is 11.9. The zero-order valence-electron chi connectivity index (χ0n) is 20.7. The quantitative estimate of drug-likeness (QED) is 0.239. The van der Waals surface area contributed by atoms with Gasteiger partial charge in [0.2, 0.25) is 5.72 Å². The molecule has 0 aromatic heterocycles. The molecule has 0 amide bonds. The number of phenols is 1. The third-order valence-electron chi connectivity index (χ3n) is 6.86. The van der Waals surface area contributed by atoms with Crippen molar-refractivity contribution in [3.63, 3.8) is 0 Å². The number of para-hydroxylation sites is 1. The molecule has 1 spiro atoms. The number of rotatable bonds is 11. The molecule has 0 radical (unpaired) electrons. The van der Waals surface area contributed by atoms with E-state index < -0.39 is 36.3 Å². The Morgan fingerprint density at radius 1 is 1.14 bits per heavy atom. The van der Waals surface area contributed by atoms with Crippen LogP contribution in [0.3, 0.4) is 0 Å². The summed E-state index contributed by atoms with van der Waals surface area (Å²) >= 11 is 3.37. The van der Waals surface area contributed by atoms with Gasteiger partial charge in [0, 0.05) is 35.2 Å². The summed E-state index contributed by atoms with van der Waals surface area (Å²) < 4.78 is 39.0. The van der Waals surface area contributed by atoms with Gasteiger partial charge in [-0.15, -0.1) is 0 Å². The Morgan fingerprint density at radius 3 is 2.51 bits per heavy atom. The molecule has 198 valence electrons. The summed E-state index contributed by atoms with van der Waals surface area (Å²) in [4.78, 5) is 25.4. The van der Waals surface area contributed by atoms with Gasteiger partial charge in [-0.25, -0.2) is 0 Å². The summed E-state index contributed by atoms with van der Waals surface area (Å²) in [7, 11) is 0. The fraction of sp³-hybridized carbons (Fsp3) is 0.407. The van der Waals surface area contributed by atoms with E-state index in [4.69, 9.17) is 9.47 Å². The van der Waals surface area contributed by atoms with E-state index in [2.05, 4.69) is 40.7 Å². The molecule has 4 rings (SSSR count). The zero-order valence-corrected chi connectivity index (χ0v) is 22.3. The smallest absolute Gasteiger partial charge is 0.315 e. The first-order valence-corrected chi connectivity index (χ1v) is 13.0. The largest absolute Gasteiger partial charge is 0.508 e. The minimum absolute atomic E-state index is 0.0787. The van der Waals surface area contributed by atoms with E-state index in [-0.39, 0.29) is 12.3 Å². The molecular formula is C27H29BrF2N2O5. The lowest BCUT2D eigenvalue weighted by atomic mass is 9.76. The number of hydrogen-bond donors (Lipinski definition) is 1. The molecule has 1 atom stereocenters. The number of aromatic hydroxyl groups is 1. The van der Waals surface area contributed by atoms with Gasteiger partial charge in [-0.3, -0.25) is 14.5 Å². The predicted octanol–water partition coefficient (Wildman–Crippen LogP) is 4.50. The van der Waals surface area contributed by atoms with E-state index >= 15 is 0 Å². The van der Waals surface area contributed by atoms with E-state index in [0.29, 0.717) is 36.6 Å². The van der Waals surface area contributed by atoms with Gasteiger partial charge in [0.05, 0.1) is 31.7 Å². The summed E-state index contributed by atoms with van der Waals surface area (Å²) in [5.41, 5.74) is 1.52. The number of phenolic OH excluding ortho intramolecular Hbond substituents is 1. The molecule has 0 fully saturated rings. The lowest BCUT2D eigenvalue weighted by Gasteiger charge is -2.47. The maximum Gasteiger partial charge on any atom is 0.315 e. The maximum absolute atomic E-state index is 13.2. The Labute approximate surface area is 222 Å². The van der Waals surface area contributed by atoms with Gasteiger partial charge in [0.25, 0.3) is 0 Å². The van der Waals surface area contributed by atoms with Crippen LogP contribution in [0.1, 0.15) is 30.5 Å². The highest BCUT2D eigenvalue weighted by Crippen LogP contribution is 2.55. The summed E-state index contributed by atoms with van der Waals surface area (Å²) in [5.74, 6) is 0.320. The lowest BCUT2D eigenvalue weighted by Crippen LogP contribution is -2.60.